The normalized spacial score (nSPS) is 10.8. The van der Waals surface area contributed by atoms with Gasteiger partial charge in [-0.05, 0) is 36.2 Å². The molecule has 4 rings (SSSR count). The summed E-state index contributed by atoms with van der Waals surface area (Å²) in [6, 6.07) is 20.3. The number of anilines is 2. The number of nitrogens with zero attached hydrogens (tertiary/aromatic N) is 1. The van der Waals surface area contributed by atoms with E-state index in [1.165, 1.54) is 17.7 Å². The van der Waals surface area contributed by atoms with Gasteiger partial charge in [-0.1, -0.05) is 53.6 Å². The highest BCUT2D eigenvalue weighted by atomic mass is 35.5. The van der Waals surface area contributed by atoms with Crippen LogP contribution in [0.5, 0.6) is 11.5 Å². The van der Waals surface area contributed by atoms with Crippen LogP contribution in [0.4, 0.5) is 11.5 Å². The molecule has 0 saturated heterocycles. The first-order valence-corrected chi connectivity index (χ1v) is 9.09. The first-order valence-electron chi connectivity index (χ1n) is 8.71. The molecule has 0 saturated carbocycles. The SMILES string of the molecule is Cc1ccc(Nc2cc(-c3ccc(-c4c(O)cc(O)cc4Cl)cc3)[nH]n2)cc1. The molecule has 0 aliphatic carbocycles. The molecule has 5 nitrogen and oxygen atoms in total. The lowest BCUT2D eigenvalue weighted by Crippen LogP contribution is -1.89. The van der Waals surface area contributed by atoms with Gasteiger partial charge in [0.1, 0.15) is 11.5 Å². The van der Waals surface area contributed by atoms with Crippen molar-refractivity contribution in [3.63, 3.8) is 0 Å². The minimum absolute atomic E-state index is 0.0659. The average molecular weight is 392 g/mol. The number of aromatic hydroxyl groups is 2. The molecule has 3 aromatic carbocycles. The fourth-order valence-corrected chi connectivity index (χ4v) is 3.32. The Kier molecular flexibility index (Phi) is 4.67. The Hall–Kier alpha value is -3.44. The van der Waals surface area contributed by atoms with E-state index in [4.69, 9.17) is 11.6 Å². The van der Waals surface area contributed by atoms with Crippen molar-refractivity contribution < 1.29 is 10.2 Å². The average Bonchev–Trinajstić information content (AvgIpc) is 3.12. The summed E-state index contributed by atoms with van der Waals surface area (Å²) in [5.41, 5.74) is 5.22. The second-order valence-electron chi connectivity index (χ2n) is 6.56. The number of nitrogens with one attached hydrogen (secondary N) is 2. The predicted octanol–water partition coefficient (Wildman–Crippen LogP) is 5.86. The van der Waals surface area contributed by atoms with E-state index >= 15 is 0 Å². The van der Waals surface area contributed by atoms with Crippen LogP contribution in [0.2, 0.25) is 5.02 Å². The monoisotopic (exact) mass is 391 g/mol. The van der Waals surface area contributed by atoms with Crippen LogP contribution < -0.4 is 5.32 Å². The number of halogens is 1. The lowest BCUT2D eigenvalue weighted by Gasteiger charge is -2.09. The van der Waals surface area contributed by atoms with E-state index in [9.17, 15) is 10.2 Å². The largest absolute Gasteiger partial charge is 0.508 e. The predicted molar refractivity (Wildman–Crippen MR) is 112 cm³/mol. The Morgan fingerprint density at radius 2 is 1.57 bits per heavy atom. The van der Waals surface area contributed by atoms with Gasteiger partial charge >= 0.3 is 0 Å². The summed E-state index contributed by atoms with van der Waals surface area (Å²) >= 11 is 6.17. The maximum Gasteiger partial charge on any atom is 0.152 e. The van der Waals surface area contributed by atoms with E-state index in [-0.39, 0.29) is 16.5 Å². The van der Waals surface area contributed by atoms with Gasteiger partial charge in [0, 0.05) is 23.4 Å². The maximum absolute atomic E-state index is 10.1. The smallest absolute Gasteiger partial charge is 0.152 e. The Balaban J connectivity index is 1.56. The minimum atomic E-state index is -0.0751. The zero-order chi connectivity index (χ0) is 19.7. The van der Waals surface area contributed by atoms with Crippen LogP contribution >= 0.6 is 11.6 Å². The zero-order valence-electron chi connectivity index (χ0n) is 15.1. The third-order valence-electron chi connectivity index (χ3n) is 4.44. The third kappa shape index (κ3) is 3.66. The van der Waals surface area contributed by atoms with Crippen LogP contribution in [0.25, 0.3) is 22.4 Å². The van der Waals surface area contributed by atoms with Crippen molar-refractivity contribution in [1.82, 2.24) is 10.2 Å². The number of rotatable bonds is 4. The quantitative estimate of drug-likeness (QED) is 0.351. The van der Waals surface area contributed by atoms with E-state index in [0.717, 1.165) is 28.3 Å². The number of aryl methyl sites for hydroxylation is 1. The maximum atomic E-state index is 10.1. The van der Waals surface area contributed by atoms with Gasteiger partial charge in [-0.3, -0.25) is 5.10 Å². The summed E-state index contributed by atoms with van der Waals surface area (Å²) in [6.07, 6.45) is 0. The van der Waals surface area contributed by atoms with Crippen LogP contribution in [0, 0.1) is 6.92 Å². The Labute approximate surface area is 167 Å². The van der Waals surface area contributed by atoms with Gasteiger partial charge in [-0.15, -0.1) is 0 Å². The molecule has 0 bridgehead atoms. The molecule has 4 N–H and O–H groups in total. The molecule has 0 unspecified atom stereocenters. The Bertz CT molecular complexity index is 1100. The van der Waals surface area contributed by atoms with Crippen molar-refractivity contribution in [2.45, 2.75) is 6.92 Å². The van der Waals surface area contributed by atoms with Crippen molar-refractivity contribution in [3.8, 4) is 33.9 Å². The number of hydrogen-bond acceptors (Lipinski definition) is 4. The molecular formula is C22H18ClN3O2. The van der Waals surface area contributed by atoms with E-state index in [1.54, 1.807) is 0 Å². The first-order chi connectivity index (χ1) is 13.5. The second-order valence-corrected chi connectivity index (χ2v) is 6.96. The van der Waals surface area contributed by atoms with Crippen molar-refractivity contribution in [2.24, 2.45) is 0 Å². The molecule has 1 heterocycles. The Morgan fingerprint density at radius 1 is 0.893 bits per heavy atom. The van der Waals surface area contributed by atoms with Crippen LogP contribution in [0.1, 0.15) is 5.56 Å². The van der Waals surface area contributed by atoms with Crippen molar-refractivity contribution in [2.75, 3.05) is 5.32 Å². The molecule has 0 aliphatic rings. The minimum Gasteiger partial charge on any atom is -0.508 e. The number of aromatic nitrogens is 2. The summed E-state index contributed by atoms with van der Waals surface area (Å²) in [5.74, 6) is 0.583. The molecule has 0 amide bonds. The molecule has 0 aliphatic heterocycles. The van der Waals surface area contributed by atoms with Gasteiger partial charge in [-0.2, -0.15) is 5.10 Å². The molecule has 0 radical (unpaired) electrons. The fourth-order valence-electron chi connectivity index (χ4n) is 3.00. The summed E-state index contributed by atoms with van der Waals surface area (Å²) in [7, 11) is 0. The van der Waals surface area contributed by atoms with E-state index in [2.05, 4.69) is 15.5 Å². The number of aromatic amines is 1. The third-order valence-corrected chi connectivity index (χ3v) is 4.74. The highest BCUT2D eigenvalue weighted by Crippen LogP contribution is 2.39. The molecule has 28 heavy (non-hydrogen) atoms. The van der Waals surface area contributed by atoms with Crippen LogP contribution in [-0.4, -0.2) is 20.4 Å². The summed E-state index contributed by atoms with van der Waals surface area (Å²) in [5, 5.41) is 30.5. The fraction of sp³-hybridized carbons (Fsp3) is 0.0455. The lowest BCUT2D eigenvalue weighted by molar-refractivity contribution is 0.452. The summed E-state index contributed by atoms with van der Waals surface area (Å²) in [4.78, 5) is 0. The van der Waals surface area contributed by atoms with Crippen molar-refractivity contribution in [1.29, 1.82) is 0 Å². The van der Waals surface area contributed by atoms with E-state index in [0.29, 0.717) is 5.56 Å². The number of hydrogen-bond donors (Lipinski definition) is 4. The Morgan fingerprint density at radius 3 is 2.25 bits per heavy atom. The number of benzene rings is 3. The topological polar surface area (TPSA) is 81.2 Å². The summed E-state index contributed by atoms with van der Waals surface area (Å²) in [6.45, 7) is 2.05. The van der Waals surface area contributed by atoms with Gasteiger partial charge in [0.25, 0.3) is 0 Å². The molecule has 1 aromatic heterocycles. The van der Waals surface area contributed by atoms with Crippen LogP contribution in [-0.2, 0) is 0 Å². The molecule has 6 heteroatoms. The van der Waals surface area contributed by atoms with Gasteiger partial charge in [0.15, 0.2) is 5.82 Å². The van der Waals surface area contributed by atoms with Crippen molar-refractivity contribution >= 4 is 23.1 Å². The van der Waals surface area contributed by atoms with Crippen LogP contribution in [0.3, 0.4) is 0 Å². The highest BCUT2D eigenvalue weighted by molar-refractivity contribution is 6.33. The molecule has 140 valence electrons. The van der Waals surface area contributed by atoms with E-state index < -0.39 is 0 Å². The lowest BCUT2D eigenvalue weighted by atomic mass is 10.0. The molecule has 0 atom stereocenters. The van der Waals surface area contributed by atoms with Crippen LogP contribution in [0.15, 0.2) is 66.7 Å². The molecule has 4 aromatic rings. The van der Waals surface area contributed by atoms with Gasteiger partial charge < -0.3 is 15.5 Å². The highest BCUT2D eigenvalue weighted by Gasteiger charge is 2.12. The molecule has 0 fully saturated rings. The van der Waals surface area contributed by atoms with E-state index in [1.807, 2.05) is 61.5 Å². The molecular weight excluding hydrogens is 374 g/mol. The summed E-state index contributed by atoms with van der Waals surface area (Å²) < 4.78 is 0. The van der Waals surface area contributed by atoms with Gasteiger partial charge in [0.05, 0.1) is 10.7 Å². The van der Waals surface area contributed by atoms with Crippen molar-refractivity contribution in [3.05, 3.63) is 77.3 Å². The number of phenolic OH excluding ortho intramolecular Hbond substituents is 2. The number of H-pyrrole nitrogens is 1. The second kappa shape index (κ2) is 7.29. The zero-order valence-corrected chi connectivity index (χ0v) is 15.8. The number of phenols is 2. The standard InChI is InChI=1S/C22H18ClN3O2/c1-13-2-8-16(9-3-13)24-21-12-19(25-26-21)14-4-6-15(7-5-14)22-18(23)10-17(27)11-20(22)28/h2-12,27-28H,1H3,(H2,24,25,26). The first kappa shape index (κ1) is 17.9. The van der Waals surface area contributed by atoms with Gasteiger partial charge in [0.2, 0.25) is 0 Å². The van der Waals surface area contributed by atoms with Gasteiger partial charge in [-0.25, -0.2) is 0 Å². The molecule has 0 spiro atoms.